The number of aryl methyl sites for hydroxylation is 1. The summed E-state index contributed by atoms with van der Waals surface area (Å²) in [6.45, 7) is 3.92. The van der Waals surface area contributed by atoms with Gasteiger partial charge in [0.15, 0.2) is 10.3 Å². The number of piperazine rings is 1. The van der Waals surface area contributed by atoms with Crippen LogP contribution in [-0.4, -0.2) is 41.3 Å². The highest BCUT2D eigenvalue weighted by Gasteiger charge is 2.26. The number of hydrogen-bond acceptors (Lipinski definition) is 7. The summed E-state index contributed by atoms with van der Waals surface area (Å²) in [4.78, 5) is 15.1. The van der Waals surface area contributed by atoms with E-state index in [4.69, 9.17) is 4.98 Å². The highest BCUT2D eigenvalue weighted by atomic mass is 32.1. The van der Waals surface area contributed by atoms with E-state index in [0.717, 1.165) is 61.4 Å². The Morgan fingerprint density at radius 2 is 1.90 bits per heavy atom. The van der Waals surface area contributed by atoms with Crippen LogP contribution in [0.3, 0.4) is 0 Å². The summed E-state index contributed by atoms with van der Waals surface area (Å²) in [5, 5.41) is 14.3. The first-order valence-corrected chi connectivity index (χ1v) is 9.08. The van der Waals surface area contributed by atoms with E-state index in [1.54, 1.807) is 22.7 Å². The van der Waals surface area contributed by atoms with Crippen molar-refractivity contribution in [2.75, 3.05) is 36.0 Å². The van der Waals surface area contributed by atoms with Crippen LogP contribution in [0.25, 0.3) is 0 Å². The van der Waals surface area contributed by atoms with Crippen molar-refractivity contribution in [3.8, 4) is 0 Å². The molecule has 0 aromatic carbocycles. The van der Waals surface area contributed by atoms with Crippen molar-refractivity contribution in [1.82, 2.24) is 9.97 Å². The Kier molecular flexibility index (Phi) is 3.56. The van der Waals surface area contributed by atoms with Crippen LogP contribution in [0.5, 0.6) is 0 Å². The molecule has 2 aliphatic rings. The Labute approximate surface area is 131 Å². The quantitative estimate of drug-likeness (QED) is 0.919. The Morgan fingerprint density at radius 3 is 2.57 bits per heavy atom. The van der Waals surface area contributed by atoms with Crippen LogP contribution >= 0.6 is 22.7 Å². The Balaban J connectivity index is 1.47. The number of aliphatic hydroxyl groups excluding tert-OH is 1. The predicted octanol–water partition coefficient (Wildman–Crippen LogP) is 2.30. The first-order chi connectivity index (χ1) is 10.3. The molecule has 2 aromatic heterocycles. The van der Waals surface area contributed by atoms with E-state index in [1.807, 2.05) is 11.6 Å². The zero-order valence-corrected chi connectivity index (χ0v) is 13.4. The average Bonchev–Trinajstić information content (AvgIpc) is 3.18. The molecule has 0 bridgehead atoms. The van der Waals surface area contributed by atoms with Gasteiger partial charge in [0.05, 0.1) is 11.8 Å². The number of aliphatic hydroxyl groups is 1. The second-order valence-corrected chi connectivity index (χ2v) is 7.44. The molecule has 1 fully saturated rings. The van der Waals surface area contributed by atoms with E-state index >= 15 is 0 Å². The van der Waals surface area contributed by atoms with Gasteiger partial charge < -0.3 is 14.9 Å². The average molecular weight is 322 g/mol. The van der Waals surface area contributed by atoms with Crippen LogP contribution in [0.1, 0.15) is 29.5 Å². The van der Waals surface area contributed by atoms with Crippen LogP contribution in [0.2, 0.25) is 0 Å². The molecular weight excluding hydrogens is 304 g/mol. The van der Waals surface area contributed by atoms with Crippen molar-refractivity contribution in [2.45, 2.75) is 25.4 Å². The minimum absolute atomic E-state index is 0.352. The minimum Gasteiger partial charge on any atom is -0.387 e. The molecule has 0 saturated carbocycles. The number of fused-ring (bicyclic) bond motifs is 1. The maximum atomic E-state index is 10.1. The van der Waals surface area contributed by atoms with Crippen molar-refractivity contribution in [3.63, 3.8) is 0 Å². The van der Waals surface area contributed by atoms with E-state index in [2.05, 4.69) is 14.8 Å². The van der Waals surface area contributed by atoms with Crippen LogP contribution in [0.15, 0.2) is 11.6 Å². The fourth-order valence-electron chi connectivity index (χ4n) is 2.98. The molecule has 0 radical (unpaired) electrons. The third-order valence-corrected chi connectivity index (χ3v) is 6.18. The van der Waals surface area contributed by atoms with Crippen LogP contribution in [0, 0.1) is 0 Å². The van der Waals surface area contributed by atoms with E-state index in [-0.39, 0.29) is 6.10 Å². The zero-order valence-electron chi connectivity index (χ0n) is 11.7. The summed E-state index contributed by atoms with van der Waals surface area (Å²) < 4.78 is 0. The normalized spacial score (nSPS) is 22.4. The SMILES string of the molecule is OC1CCCc2sc(N3CCN(c4nccs4)CC3)nc21. The van der Waals surface area contributed by atoms with E-state index in [1.165, 1.54) is 4.88 Å². The topological polar surface area (TPSA) is 52.5 Å². The van der Waals surface area contributed by atoms with Gasteiger partial charge in [-0.05, 0) is 19.3 Å². The van der Waals surface area contributed by atoms with E-state index < -0.39 is 0 Å². The zero-order chi connectivity index (χ0) is 14.2. The molecule has 1 saturated heterocycles. The highest BCUT2D eigenvalue weighted by molar-refractivity contribution is 7.15. The lowest BCUT2D eigenvalue weighted by Gasteiger charge is -2.34. The van der Waals surface area contributed by atoms with Crippen LogP contribution in [0.4, 0.5) is 10.3 Å². The predicted molar refractivity (Wildman–Crippen MR) is 86.6 cm³/mol. The van der Waals surface area contributed by atoms with Gasteiger partial charge in [0.2, 0.25) is 0 Å². The maximum Gasteiger partial charge on any atom is 0.185 e. The molecule has 5 nitrogen and oxygen atoms in total. The minimum atomic E-state index is -0.352. The first kappa shape index (κ1) is 13.5. The summed E-state index contributed by atoms with van der Waals surface area (Å²) in [6.07, 6.45) is 4.52. The lowest BCUT2D eigenvalue weighted by atomic mass is 10.0. The monoisotopic (exact) mass is 322 g/mol. The molecule has 0 spiro atoms. The van der Waals surface area contributed by atoms with Crippen molar-refractivity contribution >= 4 is 32.9 Å². The fourth-order valence-corrected chi connectivity index (χ4v) is 4.88. The summed E-state index contributed by atoms with van der Waals surface area (Å²) in [6, 6.07) is 0. The van der Waals surface area contributed by atoms with Gasteiger partial charge in [-0.25, -0.2) is 9.97 Å². The molecule has 1 atom stereocenters. The second kappa shape index (κ2) is 5.55. The number of nitrogens with zero attached hydrogens (tertiary/aromatic N) is 4. The van der Waals surface area contributed by atoms with Gasteiger partial charge in [0.1, 0.15) is 0 Å². The van der Waals surface area contributed by atoms with Crippen molar-refractivity contribution in [2.24, 2.45) is 0 Å². The highest BCUT2D eigenvalue weighted by Crippen LogP contribution is 2.37. The largest absolute Gasteiger partial charge is 0.387 e. The van der Waals surface area contributed by atoms with Gasteiger partial charge in [0.25, 0.3) is 0 Å². The third kappa shape index (κ3) is 2.54. The molecule has 1 N–H and O–H groups in total. The van der Waals surface area contributed by atoms with Gasteiger partial charge in [0, 0.05) is 42.6 Å². The van der Waals surface area contributed by atoms with E-state index in [9.17, 15) is 5.11 Å². The maximum absolute atomic E-state index is 10.1. The molecule has 0 amide bonds. The van der Waals surface area contributed by atoms with Gasteiger partial charge in [-0.3, -0.25) is 0 Å². The summed E-state index contributed by atoms with van der Waals surface area (Å²) >= 11 is 3.47. The molecular formula is C14H18N4OS2. The molecule has 3 heterocycles. The van der Waals surface area contributed by atoms with Crippen molar-refractivity contribution < 1.29 is 5.11 Å². The molecule has 1 aliphatic carbocycles. The van der Waals surface area contributed by atoms with Crippen LogP contribution < -0.4 is 9.80 Å². The fraction of sp³-hybridized carbons (Fsp3) is 0.571. The number of thiazole rings is 2. The number of anilines is 2. The Bertz CT molecular complexity index is 605. The molecule has 112 valence electrons. The summed E-state index contributed by atoms with van der Waals surface area (Å²) in [5.41, 5.74) is 0.934. The molecule has 4 rings (SSSR count). The number of rotatable bonds is 2. The van der Waals surface area contributed by atoms with Crippen molar-refractivity contribution in [1.29, 1.82) is 0 Å². The lowest BCUT2D eigenvalue weighted by Crippen LogP contribution is -2.46. The molecule has 7 heteroatoms. The lowest BCUT2D eigenvalue weighted by molar-refractivity contribution is 0.153. The van der Waals surface area contributed by atoms with Gasteiger partial charge in [-0.1, -0.05) is 0 Å². The second-order valence-electron chi connectivity index (χ2n) is 5.50. The van der Waals surface area contributed by atoms with Gasteiger partial charge >= 0.3 is 0 Å². The molecule has 2 aromatic rings. The van der Waals surface area contributed by atoms with Gasteiger partial charge in [-0.15, -0.1) is 22.7 Å². The first-order valence-electron chi connectivity index (χ1n) is 7.38. The third-order valence-electron chi connectivity index (χ3n) is 4.15. The standard InChI is InChI=1S/C14H18N4OS2/c19-10-2-1-3-11-12(10)16-14(21-11)18-7-5-17(6-8-18)13-15-4-9-20-13/h4,9-10,19H,1-3,5-8H2. The Morgan fingerprint density at radius 1 is 1.14 bits per heavy atom. The molecule has 21 heavy (non-hydrogen) atoms. The molecule has 1 unspecified atom stereocenters. The van der Waals surface area contributed by atoms with Crippen molar-refractivity contribution in [3.05, 3.63) is 22.1 Å². The van der Waals surface area contributed by atoms with Crippen LogP contribution in [-0.2, 0) is 6.42 Å². The number of aromatic nitrogens is 2. The Hall–Kier alpha value is -1.18. The summed E-state index contributed by atoms with van der Waals surface area (Å²) in [7, 11) is 0. The molecule has 1 aliphatic heterocycles. The number of hydrogen-bond donors (Lipinski definition) is 1. The van der Waals surface area contributed by atoms with E-state index in [0.29, 0.717) is 0 Å². The smallest absolute Gasteiger partial charge is 0.185 e. The van der Waals surface area contributed by atoms with Gasteiger partial charge in [-0.2, -0.15) is 0 Å². The summed E-state index contributed by atoms with van der Waals surface area (Å²) in [5.74, 6) is 0.